The Labute approximate surface area is 195 Å². The molecule has 2 amide bonds. The topological polar surface area (TPSA) is 84.6 Å². The van der Waals surface area contributed by atoms with Crippen molar-refractivity contribution < 1.29 is 14.7 Å². The number of likely N-dealkylation sites (tertiary alicyclic amines) is 1. The van der Waals surface area contributed by atoms with E-state index in [-0.39, 0.29) is 30.3 Å². The number of nitrogens with zero attached hydrogens (tertiary/aromatic N) is 3. The highest BCUT2D eigenvalue weighted by Gasteiger charge is 2.53. The molecule has 0 radical (unpaired) electrons. The van der Waals surface area contributed by atoms with E-state index in [1.165, 1.54) is 0 Å². The molecule has 3 atom stereocenters. The highest BCUT2D eigenvalue weighted by atomic mass is 16.3. The summed E-state index contributed by atoms with van der Waals surface area (Å²) in [5.41, 5.74) is 3.30. The fourth-order valence-electron chi connectivity index (χ4n) is 5.37. The standard InChI is InChI=1S/C27H31N3O3/c1-29(2)26(32)20-12-8-11-19(15-20)21-13-6-7-14-22(21)25-23(16-28)30(24(25)17-31)27(33)18-9-4-3-5-10-18/h6-8,11-15,18,23-25,31H,3-5,9-10,17H2,1-2H3/t23-,24+,25+/m0/s1. The number of hydrogen-bond donors (Lipinski definition) is 1. The third-order valence-corrected chi connectivity index (χ3v) is 7.09. The van der Waals surface area contributed by atoms with Crippen LogP contribution >= 0.6 is 0 Å². The maximum atomic E-state index is 13.3. The van der Waals surface area contributed by atoms with Gasteiger partial charge in [-0.2, -0.15) is 5.26 Å². The summed E-state index contributed by atoms with van der Waals surface area (Å²) in [5, 5.41) is 20.2. The summed E-state index contributed by atoms with van der Waals surface area (Å²) >= 11 is 0. The Hall–Kier alpha value is -3.17. The second-order valence-corrected chi connectivity index (χ2v) is 9.30. The zero-order valence-electron chi connectivity index (χ0n) is 19.3. The molecule has 0 unspecified atom stereocenters. The molecule has 6 nitrogen and oxygen atoms in total. The summed E-state index contributed by atoms with van der Waals surface area (Å²) in [6.07, 6.45) is 4.96. The summed E-state index contributed by atoms with van der Waals surface area (Å²) in [6, 6.07) is 16.6. The zero-order chi connectivity index (χ0) is 23.5. The molecule has 6 heteroatoms. The number of carbonyl (C=O) groups excluding carboxylic acids is 2. The van der Waals surface area contributed by atoms with Crippen LogP contribution in [0.25, 0.3) is 11.1 Å². The Morgan fingerprint density at radius 1 is 1.09 bits per heavy atom. The van der Waals surface area contributed by atoms with Crippen LogP contribution in [0.5, 0.6) is 0 Å². The Morgan fingerprint density at radius 3 is 2.48 bits per heavy atom. The smallest absolute Gasteiger partial charge is 0.253 e. The molecule has 2 aromatic rings. The first-order valence-electron chi connectivity index (χ1n) is 11.7. The third kappa shape index (κ3) is 4.26. The largest absolute Gasteiger partial charge is 0.394 e. The van der Waals surface area contributed by atoms with Gasteiger partial charge >= 0.3 is 0 Å². The van der Waals surface area contributed by atoms with Crippen LogP contribution in [-0.4, -0.2) is 59.5 Å². The van der Waals surface area contributed by atoms with E-state index in [1.807, 2.05) is 42.5 Å². The number of carbonyl (C=O) groups is 2. The van der Waals surface area contributed by atoms with E-state index in [0.29, 0.717) is 5.56 Å². The molecule has 4 rings (SSSR count). The highest BCUT2D eigenvalue weighted by molar-refractivity contribution is 5.95. The molecule has 1 aliphatic heterocycles. The fraction of sp³-hybridized carbons (Fsp3) is 0.444. The number of benzene rings is 2. The molecule has 1 aliphatic carbocycles. The van der Waals surface area contributed by atoms with Crippen molar-refractivity contribution in [2.24, 2.45) is 5.92 Å². The lowest BCUT2D eigenvalue weighted by Gasteiger charge is -2.53. The second kappa shape index (κ2) is 9.76. The van der Waals surface area contributed by atoms with Crippen molar-refractivity contribution in [3.8, 4) is 17.2 Å². The normalized spacial score (nSPS) is 22.8. The molecule has 1 saturated heterocycles. The summed E-state index contributed by atoms with van der Waals surface area (Å²) in [4.78, 5) is 28.9. The average Bonchev–Trinajstić information content (AvgIpc) is 2.84. The predicted molar refractivity (Wildman–Crippen MR) is 126 cm³/mol. The van der Waals surface area contributed by atoms with Crippen molar-refractivity contribution in [3.05, 3.63) is 59.7 Å². The zero-order valence-corrected chi connectivity index (χ0v) is 19.3. The predicted octanol–water partition coefficient (Wildman–Crippen LogP) is 3.81. The quantitative estimate of drug-likeness (QED) is 0.758. The van der Waals surface area contributed by atoms with Gasteiger partial charge in [-0.3, -0.25) is 9.59 Å². The molecular weight excluding hydrogens is 414 g/mol. The van der Waals surface area contributed by atoms with Crippen LogP contribution < -0.4 is 0 Å². The van der Waals surface area contributed by atoms with Gasteiger partial charge in [0.25, 0.3) is 5.91 Å². The van der Waals surface area contributed by atoms with Crippen LogP contribution in [0.4, 0.5) is 0 Å². The summed E-state index contributed by atoms with van der Waals surface area (Å²) in [6.45, 7) is -0.186. The number of hydrogen-bond acceptors (Lipinski definition) is 4. The van der Waals surface area contributed by atoms with Crippen molar-refractivity contribution in [2.75, 3.05) is 20.7 Å². The SMILES string of the molecule is CN(C)C(=O)c1cccc(-c2ccccc2[C@H]2[C@@H](CO)N(C(=O)C3CCCCC3)[C@H]2C#N)c1. The van der Waals surface area contributed by atoms with Crippen LogP contribution in [0, 0.1) is 17.2 Å². The van der Waals surface area contributed by atoms with Gasteiger partial charge in [-0.15, -0.1) is 0 Å². The molecular formula is C27H31N3O3. The second-order valence-electron chi connectivity index (χ2n) is 9.30. The molecule has 2 aliphatic rings. The van der Waals surface area contributed by atoms with Gasteiger partial charge in [-0.25, -0.2) is 0 Å². The van der Waals surface area contributed by atoms with Gasteiger partial charge in [0.1, 0.15) is 6.04 Å². The first-order valence-corrected chi connectivity index (χ1v) is 11.7. The molecule has 0 spiro atoms. The van der Waals surface area contributed by atoms with Crippen LogP contribution in [0.1, 0.15) is 53.9 Å². The van der Waals surface area contributed by atoms with E-state index in [2.05, 4.69) is 6.07 Å². The maximum absolute atomic E-state index is 13.3. The van der Waals surface area contributed by atoms with E-state index in [4.69, 9.17) is 0 Å². The Bertz CT molecular complexity index is 1070. The van der Waals surface area contributed by atoms with Gasteiger partial charge in [0.2, 0.25) is 5.91 Å². The van der Waals surface area contributed by atoms with Gasteiger partial charge in [0, 0.05) is 31.5 Å². The molecule has 0 aromatic heterocycles. The van der Waals surface area contributed by atoms with Gasteiger partial charge in [0.15, 0.2) is 0 Å². The number of aliphatic hydroxyl groups is 1. The molecule has 1 saturated carbocycles. The van der Waals surface area contributed by atoms with Crippen molar-refractivity contribution in [1.82, 2.24) is 9.80 Å². The molecule has 1 heterocycles. The van der Waals surface area contributed by atoms with E-state index in [1.54, 1.807) is 30.0 Å². The number of amides is 2. The van der Waals surface area contributed by atoms with E-state index in [0.717, 1.165) is 48.8 Å². The Morgan fingerprint density at radius 2 is 1.82 bits per heavy atom. The lowest BCUT2D eigenvalue weighted by molar-refractivity contribution is -0.152. The van der Waals surface area contributed by atoms with E-state index >= 15 is 0 Å². The lowest BCUT2D eigenvalue weighted by Crippen LogP contribution is -2.66. The maximum Gasteiger partial charge on any atom is 0.253 e. The van der Waals surface area contributed by atoms with Gasteiger partial charge in [-0.1, -0.05) is 55.7 Å². The van der Waals surface area contributed by atoms with Crippen molar-refractivity contribution in [1.29, 1.82) is 5.26 Å². The molecule has 2 fully saturated rings. The third-order valence-electron chi connectivity index (χ3n) is 7.09. The van der Waals surface area contributed by atoms with Crippen molar-refractivity contribution in [2.45, 2.75) is 50.1 Å². The van der Waals surface area contributed by atoms with Crippen LogP contribution in [-0.2, 0) is 4.79 Å². The number of nitriles is 1. The van der Waals surface area contributed by atoms with Gasteiger partial charge in [0.05, 0.1) is 18.7 Å². The molecule has 1 N–H and O–H groups in total. The first kappa shape index (κ1) is 23.0. The molecule has 2 aromatic carbocycles. The van der Waals surface area contributed by atoms with Crippen LogP contribution in [0.15, 0.2) is 48.5 Å². The number of rotatable bonds is 5. The Kier molecular flexibility index (Phi) is 6.80. The van der Waals surface area contributed by atoms with Crippen molar-refractivity contribution in [3.63, 3.8) is 0 Å². The minimum absolute atomic E-state index is 0.00704. The summed E-state index contributed by atoms with van der Waals surface area (Å²) < 4.78 is 0. The monoisotopic (exact) mass is 445 g/mol. The lowest BCUT2D eigenvalue weighted by atomic mass is 9.72. The fourth-order valence-corrected chi connectivity index (χ4v) is 5.37. The van der Waals surface area contributed by atoms with Gasteiger partial charge in [-0.05, 0) is 41.7 Å². The van der Waals surface area contributed by atoms with Crippen LogP contribution in [0.2, 0.25) is 0 Å². The highest BCUT2D eigenvalue weighted by Crippen LogP contribution is 2.45. The van der Waals surface area contributed by atoms with E-state index < -0.39 is 12.1 Å². The summed E-state index contributed by atoms with van der Waals surface area (Å²) in [7, 11) is 3.44. The minimum Gasteiger partial charge on any atom is -0.394 e. The first-order chi connectivity index (χ1) is 16.0. The van der Waals surface area contributed by atoms with Crippen molar-refractivity contribution >= 4 is 11.8 Å². The average molecular weight is 446 g/mol. The number of aliphatic hydroxyl groups excluding tert-OH is 1. The van der Waals surface area contributed by atoms with Crippen LogP contribution in [0.3, 0.4) is 0 Å². The van der Waals surface area contributed by atoms with Gasteiger partial charge < -0.3 is 14.9 Å². The molecule has 172 valence electrons. The molecule has 0 bridgehead atoms. The van der Waals surface area contributed by atoms with E-state index in [9.17, 15) is 20.0 Å². The summed E-state index contributed by atoms with van der Waals surface area (Å²) in [5.74, 6) is -0.400. The molecule has 33 heavy (non-hydrogen) atoms. The Balaban J connectivity index is 1.68. The minimum atomic E-state index is -0.607.